The molecule has 4 amide bonds. The SMILES string of the molecule is COc1cc(/C=C2/NC(=O)N(CC(=O)Nc3cccc(C)c3)C2=O)ccc1OCc1ccc(Cl)cc1Cl. The van der Waals surface area contributed by atoms with Gasteiger partial charge in [-0.05, 0) is 60.5 Å². The molecule has 4 rings (SSSR count). The van der Waals surface area contributed by atoms with Crippen LogP contribution in [0.15, 0.2) is 66.4 Å². The average molecular weight is 540 g/mol. The summed E-state index contributed by atoms with van der Waals surface area (Å²) in [5, 5.41) is 6.22. The van der Waals surface area contributed by atoms with E-state index in [0.717, 1.165) is 16.0 Å². The van der Waals surface area contributed by atoms with E-state index in [0.29, 0.717) is 32.8 Å². The van der Waals surface area contributed by atoms with Gasteiger partial charge in [-0.2, -0.15) is 0 Å². The summed E-state index contributed by atoms with van der Waals surface area (Å²) in [7, 11) is 1.49. The van der Waals surface area contributed by atoms with Gasteiger partial charge in [0.2, 0.25) is 5.91 Å². The van der Waals surface area contributed by atoms with Crippen molar-refractivity contribution in [1.29, 1.82) is 0 Å². The molecule has 0 saturated carbocycles. The molecule has 2 N–H and O–H groups in total. The molecule has 0 unspecified atom stereocenters. The predicted octanol–water partition coefficient (Wildman–Crippen LogP) is 5.42. The highest BCUT2D eigenvalue weighted by Gasteiger charge is 2.35. The molecular weight excluding hydrogens is 517 g/mol. The third-order valence-electron chi connectivity index (χ3n) is 5.46. The lowest BCUT2D eigenvalue weighted by molar-refractivity contribution is -0.127. The maximum absolute atomic E-state index is 12.8. The van der Waals surface area contributed by atoms with Gasteiger partial charge in [0.05, 0.1) is 7.11 Å². The monoisotopic (exact) mass is 539 g/mol. The minimum atomic E-state index is -0.678. The highest BCUT2D eigenvalue weighted by Crippen LogP contribution is 2.31. The second-order valence-electron chi connectivity index (χ2n) is 8.23. The second kappa shape index (κ2) is 11.4. The van der Waals surface area contributed by atoms with Gasteiger partial charge < -0.3 is 20.1 Å². The Bertz CT molecular complexity index is 1410. The molecule has 190 valence electrons. The van der Waals surface area contributed by atoms with Crippen molar-refractivity contribution < 1.29 is 23.9 Å². The van der Waals surface area contributed by atoms with Crippen molar-refractivity contribution in [1.82, 2.24) is 10.2 Å². The van der Waals surface area contributed by atoms with Crippen molar-refractivity contribution in [3.63, 3.8) is 0 Å². The summed E-state index contributed by atoms with van der Waals surface area (Å²) in [6, 6.07) is 16.7. The summed E-state index contributed by atoms with van der Waals surface area (Å²) in [5.41, 5.74) is 2.93. The molecule has 1 aliphatic rings. The molecule has 10 heteroatoms. The largest absolute Gasteiger partial charge is 0.493 e. The molecule has 1 fully saturated rings. The van der Waals surface area contributed by atoms with Crippen LogP contribution in [0.2, 0.25) is 10.0 Å². The highest BCUT2D eigenvalue weighted by atomic mass is 35.5. The number of carbonyl (C=O) groups excluding carboxylic acids is 3. The molecule has 0 aliphatic carbocycles. The van der Waals surface area contributed by atoms with Crippen LogP contribution in [-0.2, 0) is 16.2 Å². The van der Waals surface area contributed by atoms with Crippen molar-refractivity contribution in [3.8, 4) is 11.5 Å². The topological polar surface area (TPSA) is 97.0 Å². The fourth-order valence-electron chi connectivity index (χ4n) is 3.64. The van der Waals surface area contributed by atoms with Crippen molar-refractivity contribution >= 4 is 52.8 Å². The van der Waals surface area contributed by atoms with Crippen LogP contribution < -0.4 is 20.1 Å². The fourth-order valence-corrected chi connectivity index (χ4v) is 4.10. The van der Waals surface area contributed by atoms with Crippen molar-refractivity contribution in [2.45, 2.75) is 13.5 Å². The normalized spacial score (nSPS) is 14.1. The lowest BCUT2D eigenvalue weighted by Gasteiger charge is -2.13. The molecule has 1 saturated heterocycles. The first kappa shape index (κ1) is 26.1. The Labute approximate surface area is 223 Å². The minimum Gasteiger partial charge on any atom is -0.493 e. The van der Waals surface area contributed by atoms with Crippen molar-refractivity contribution in [2.24, 2.45) is 0 Å². The third-order valence-corrected chi connectivity index (χ3v) is 6.05. The molecule has 8 nitrogen and oxygen atoms in total. The smallest absolute Gasteiger partial charge is 0.329 e. The molecule has 3 aromatic carbocycles. The van der Waals surface area contributed by atoms with E-state index in [2.05, 4.69) is 10.6 Å². The van der Waals surface area contributed by atoms with Gasteiger partial charge in [-0.3, -0.25) is 9.59 Å². The first-order valence-corrected chi connectivity index (χ1v) is 11.9. The first-order chi connectivity index (χ1) is 17.7. The van der Waals surface area contributed by atoms with Crippen LogP contribution in [0.3, 0.4) is 0 Å². The molecule has 1 heterocycles. The Morgan fingerprint density at radius 3 is 2.59 bits per heavy atom. The fraction of sp³-hybridized carbons (Fsp3) is 0.148. The maximum atomic E-state index is 12.8. The molecule has 1 aliphatic heterocycles. The molecule has 0 aromatic heterocycles. The van der Waals surface area contributed by atoms with E-state index in [-0.39, 0.29) is 12.3 Å². The van der Waals surface area contributed by atoms with E-state index >= 15 is 0 Å². The Kier molecular flexibility index (Phi) is 8.01. The van der Waals surface area contributed by atoms with E-state index in [9.17, 15) is 14.4 Å². The molecule has 3 aromatic rings. The number of hydrogen-bond donors (Lipinski definition) is 2. The van der Waals surface area contributed by atoms with Gasteiger partial charge in [0.1, 0.15) is 18.8 Å². The molecule has 0 atom stereocenters. The zero-order chi connectivity index (χ0) is 26.5. The molecular formula is C27H23Cl2N3O5. The van der Waals surface area contributed by atoms with Crippen LogP contribution >= 0.6 is 23.2 Å². The number of rotatable bonds is 8. The van der Waals surface area contributed by atoms with Gasteiger partial charge in [0.15, 0.2) is 11.5 Å². The second-order valence-corrected chi connectivity index (χ2v) is 9.08. The minimum absolute atomic E-state index is 0.0389. The van der Waals surface area contributed by atoms with E-state index in [1.165, 1.54) is 13.2 Å². The van der Waals surface area contributed by atoms with Crippen LogP contribution in [0.4, 0.5) is 10.5 Å². The Morgan fingerprint density at radius 2 is 1.86 bits per heavy atom. The number of nitrogens with zero attached hydrogens (tertiary/aromatic N) is 1. The van der Waals surface area contributed by atoms with Crippen molar-refractivity contribution in [3.05, 3.63) is 93.1 Å². The third kappa shape index (κ3) is 6.41. The van der Waals surface area contributed by atoms with Gasteiger partial charge in [-0.15, -0.1) is 0 Å². The summed E-state index contributed by atoms with van der Waals surface area (Å²) >= 11 is 12.1. The summed E-state index contributed by atoms with van der Waals surface area (Å²) in [6.07, 6.45) is 1.50. The molecule has 37 heavy (non-hydrogen) atoms. The number of ether oxygens (including phenoxy) is 2. The number of carbonyl (C=O) groups is 3. The number of imide groups is 1. The number of anilines is 1. The zero-order valence-corrected chi connectivity index (χ0v) is 21.5. The van der Waals surface area contributed by atoms with Crippen molar-refractivity contribution in [2.75, 3.05) is 19.0 Å². The van der Waals surface area contributed by atoms with Gasteiger partial charge >= 0.3 is 6.03 Å². The van der Waals surface area contributed by atoms with Crippen LogP contribution in [-0.4, -0.2) is 36.4 Å². The maximum Gasteiger partial charge on any atom is 0.329 e. The quantitative estimate of drug-likeness (QED) is 0.294. The lowest BCUT2D eigenvalue weighted by Crippen LogP contribution is -2.38. The van der Waals surface area contributed by atoms with E-state index in [1.807, 2.05) is 13.0 Å². The summed E-state index contributed by atoms with van der Waals surface area (Å²) in [5.74, 6) is -0.210. The van der Waals surface area contributed by atoms with E-state index < -0.39 is 24.4 Å². The van der Waals surface area contributed by atoms with Gasteiger partial charge in [0.25, 0.3) is 5.91 Å². The predicted molar refractivity (Wildman–Crippen MR) is 142 cm³/mol. The number of benzene rings is 3. The number of urea groups is 1. The van der Waals surface area contributed by atoms with Gasteiger partial charge in [-0.25, -0.2) is 9.69 Å². The summed E-state index contributed by atoms with van der Waals surface area (Å²) in [4.78, 5) is 38.5. The molecule has 0 bridgehead atoms. The number of aryl methyl sites for hydroxylation is 1. The standard InChI is InChI=1S/C27H23Cl2N3O5/c1-16-4-3-5-20(10-16)30-25(33)14-32-26(34)22(31-27(32)35)11-17-6-9-23(24(12-17)36-2)37-15-18-7-8-19(28)13-21(18)29/h3-13H,14-15H2,1-2H3,(H,30,33)(H,31,35)/b22-11+. The average Bonchev–Trinajstić information content (AvgIpc) is 3.11. The number of halogens is 2. The number of amides is 4. The Morgan fingerprint density at radius 1 is 1.05 bits per heavy atom. The summed E-state index contributed by atoms with van der Waals surface area (Å²) < 4.78 is 11.3. The Balaban J connectivity index is 1.43. The number of methoxy groups -OCH3 is 1. The van der Waals surface area contributed by atoms with Crippen LogP contribution in [0.25, 0.3) is 6.08 Å². The lowest BCUT2D eigenvalue weighted by atomic mass is 10.1. The highest BCUT2D eigenvalue weighted by molar-refractivity contribution is 6.35. The molecule has 0 radical (unpaired) electrons. The van der Waals surface area contributed by atoms with Gasteiger partial charge in [0, 0.05) is 21.3 Å². The van der Waals surface area contributed by atoms with Crippen LogP contribution in [0.5, 0.6) is 11.5 Å². The number of nitrogens with one attached hydrogen (secondary N) is 2. The van der Waals surface area contributed by atoms with Crippen LogP contribution in [0.1, 0.15) is 16.7 Å². The summed E-state index contributed by atoms with van der Waals surface area (Å²) in [6.45, 7) is 1.67. The van der Waals surface area contributed by atoms with E-state index in [4.69, 9.17) is 32.7 Å². The molecule has 0 spiro atoms. The Hall–Kier alpha value is -4.01. The zero-order valence-electron chi connectivity index (χ0n) is 20.0. The first-order valence-electron chi connectivity index (χ1n) is 11.2. The van der Waals surface area contributed by atoms with Gasteiger partial charge in [-0.1, -0.05) is 47.5 Å². The van der Waals surface area contributed by atoms with Crippen LogP contribution in [0, 0.1) is 6.92 Å². The number of hydrogen-bond acceptors (Lipinski definition) is 5. The van der Waals surface area contributed by atoms with E-state index in [1.54, 1.807) is 54.6 Å².